The SMILES string of the molecule is CC1(C)Cc2nc(C3CCOCC3)c([C@@H](O)c3ccc(C(F)(F)F)nc3)c(C3=CCOCC3)c2C(O)C1.CCC(C)(C)C.CS. The quantitative estimate of drug-likeness (QED) is 0.289. The van der Waals surface area contributed by atoms with Crippen LogP contribution < -0.4 is 0 Å². The lowest BCUT2D eigenvalue weighted by Crippen LogP contribution is -2.30. The van der Waals surface area contributed by atoms with Crippen molar-refractivity contribution >= 4 is 18.2 Å². The Bertz CT molecular complexity index is 1280. The Kier molecular flexibility index (Phi) is 13.1. The number of alkyl halides is 3. The normalized spacial score (nSPS) is 20.9. The number of pyridine rings is 2. The van der Waals surface area contributed by atoms with Gasteiger partial charge in [0, 0.05) is 47.7 Å². The van der Waals surface area contributed by atoms with E-state index >= 15 is 0 Å². The molecule has 1 saturated heterocycles. The molecule has 0 amide bonds. The molecule has 1 unspecified atom stereocenters. The molecule has 0 spiro atoms. The number of aliphatic hydroxyl groups excluding tert-OH is 2. The van der Waals surface area contributed by atoms with Gasteiger partial charge in [0.05, 0.1) is 25.0 Å². The zero-order chi connectivity index (χ0) is 33.6. The molecule has 4 heterocycles. The van der Waals surface area contributed by atoms with Crippen molar-refractivity contribution in [1.82, 2.24) is 9.97 Å². The third-order valence-corrected chi connectivity index (χ3v) is 8.73. The van der Waals surface area contributed by atoms with Gasteiger partial charge in [-0.3, -0.25) is 9.97 Å². The minimum absolute atomic E-state index is 0.0208. The first-order valence-electron chi connectivity index (χ1n) is 15.9. The van der Waals surface area contributed by atoms with Crippen molar-refractivity contribution in [2.45, 2.75) is 104 Å². The van der Waals surface area contributed by atoms with Crippen LogP contribution in [0.1, 0.15) is 131 Å². The van der Waals surface area contributed by atoms with Crippen LogP contribution in [-0.2, 0) is 22.1 Å². The number of rotatable bonds is 4. The van der Waals surface area contributed by atoms with Crippen LogP contribution in [0, 0.1) is 10.8 Å². The number of ether oxygens (including phenoxy) is 2. The summed E-state index contributed by atoms with van der Waals surface area (Å²) in [5, 5.41) is 23.1. The van der Waals surface area contributed by atoms with Crippen molar-refractivity contribution in [2.24, 2.45) is 10.8 Å². The molecule has 2 aromatic rings. The van der Waals surface area contributed by atoms with E-state index in [0.29, 0.717) is 56.7 Å². The average molecular weight is 653 g/mol. The van der Waals surface area contributed by atoms with E-state index in [2.05, 4.69) is 59.2 Å². The summed E-state index contributed by atoms with van der Waals surface area (Å²) in [4.78, 5) is 8.70. The van der Waals surface area contributed by atoms with E-state index in [9.17, 15) is 23.4 Å². The molecule has 0 aromatic carbocycles. The van der Waals surface area contributed by atoms with Gasteiger partial charge in [-0.25, -0.2) is 0 Å². The van der Waals surface area contributed by atoms with E-state index in [1.165, 1.54) is 12.5 Å². The summed E-state index contributed by atoms with van der Waals surface area (Å²) in [5.41, 5.74) is 4.21. The fourth-order valence-electron chi connectivity index (χ4n) is 5.89. The van der Waals surface area contributed by atoms with Gasteiger partial charge in [0.15, 0.2) is 0 Å². The second kappa shape index (κ2) is 15.7. The van der Waals surface area contributed by atoms with E-state index in [1.54, 1.807) is 6.26 Å². The number of hydrogen-bond acceptors (Lipinski definition) is 7. The van der Waals surface area contributed by atoms with Crippen molar-refractivity contribution in [2.75, 3.05) is 32.7 Å². The molecule has 6 nitrogen and oxygen atoms in total. The van der Waals surface area contributed by atoms with Crippen LogP contribution in [-0.4, -0.2) is 52.9 Å². The Hall–Kier alpha value is -1.98. The van der Waals surface area contributed by atoms with Gasteiger partial charge in [-0.2, -0.15) is 25.8 Å². The molecule has 0 saturated carbocycles. The molecule has 2 aliphatic heterocycles. The predicted octanol–water partition coefficient (Wildman–Crippen LogP) is 8.27. The van der Waals surface area contributed by atoms with Crippen molar-refractivity contribution < 1.29 is 32.9 Å². The number of fused-ring (bicyclic) bond motifs is 1. The lowest BCUT2D eigenvalue weighted by molar-refractivity contribution is -0.141. The Morgan fingerprint density at radius 2 is 1.71 bits per heavy atom. The summed E-state index contributed by atoms with van der Waals surface area (Å²) in [6.45, 7) is 15.2. The highest BCUT2D eigenvalue weighted by Gasteiger charge is 2.39. The summed E-state index contributed by atoms with van der Waals surface area (Å²) in [6.07, 6.45) is 2.71. The summed E-state index contributed by atoms with van der Waals surface area (Å²) in [5.74, 6) is 0.0208. The molecule has 0 radical (unpaired) electrons. The molecule has 10 heteroatoms. The predicted molar refractivity (Wildman–Crippen MR) is 175 cm³/mol. The summed E-state index contributed by atoms with van der Waals surface area (Å²) < 4.78 is 50.6. The summed E-state index contributed by atoms with van der Waals surface area (Å²) in [7, 11) is 0. The molecule has 5 rings (SSSR count). The Labute approximate surface area is 272 Å². The van der Waals surface area contributed by atoms with Crippen LogP contribution in [0.4, 0.5) is 13.2 Å². The fraction of sp³-hybridized carbons (Fsp3) is 0.657. The van der Waals surface area contributed by atoms with Crippen LogP contribution in [0.5, 0.6) is 0 Å². The first-order valence-corrected chi connectivity index (χ1v) is 16.8. The van der Waals surface area contributed by atoms with Crippen molar-refractivity contribution in [3.63, 3.8) is 0 Å². The van der Waals surface area contributed by atoms with Gasteiger partial charge in [0.1, 0.15) is 11.8 Å². The zero-order valence-electron chi connectivity index (χ0n) is 27.8. The Morgan fingerprint density at radius 3 is 2.22 bits per heavy atom. The maximum absolute atomic E-state index is 13.2. The van der Waals surface area contributed by atoms with Gasteiger partial charge < -0.3 is 19.7 Å². The van der Waals surface area contributed by atoms with Crippen LogP contribution in [0.25, 0.3) is 5.57 Å². The number of aliphatic hydroxyl groups is 2. The highest BCUT2D eigenvalue weighted by Crippen LogP contribution is 2.48. The monoisotopic (exact) mass is 652 g/mol. The molecular weight excluding hydrogens is 601 g/mol. The third kappa shape index (κ3) is 9.76. The van der Waals surface area contributed by atoms with Crippen LogP contribution in [0.15, 0.2) is 24.4 Å². The van der Waals surface area contributed by atoms with Gasteiger partial charge in [-0.1, -0.05) is 60.1 Å². The number of thiol groups is 1. The highest BCUT2D eigenvalue weighted by molar-refractivity contribution is 7.79. The number of nitrogens with zero attached hydrogens (tertiary/aromatic N) is 2. The largest absolute Gasteiger partial charge is 0.433 e. The van der Waals surface area contributed by atoms with Crippen molar-refractivity contribution in [1.29, 1.82) is 0 Å². The molecule has 0 bridgehead atoms. The smallest absolute Gasteiger partial charge is 0.388 e. The van der Waals surface area contributed by atoms with Gasteiger partial charge in [-0.15, -0.1) is 0 Å². The third-order valence-electron chi connectivity index (χ3n) is 8.73. The standard InChI is InChI=1S/C28H33F3N2O4.C6H14.CH4S/c1-27(2)13-19-23(20(34)14-27)22(16-5-9-36-10-6-16)24(25(33-19)17-7-11-37-12-8-17)26(35)18-3-4-21(32-15-18)28(29,30)31;1-5-6(2,3)4;1-2/h3-5,15,17,20,26,34-35H,6-14H2,1-2H3;5H2,1-4H3;2H,1H3/t20?,26-;;/m0../s1. The minimum atomic E-state index is -4.57. The molecule has 1 aliphatic carbocycles. The average Bonchev–Trinajstić information content (AvgIpc) is 3.00. The topological polar surface area (TPSA) is 84.7 Å². The molecule has 2 N–H and O–H groups in total. The minimum Gasteiger partial charge on any atom is -0.388 e. The first-order chi connectivity index (χ1) is 21.1. The van der Waals surface area contributed by atoms with Crippen molar-refractivity contribution in [3.8, 4) is 0 Å². The second-order valence-corrected chi connectivity index (χ2v) is 13.9. The summed E-state index contributed by atoms with van der Waals surface area (Å²) in [6, 6.07) is 2.17. The van der Waals surface area contributed by atoms with Crippen LogP contribution >= 0.6 is 12.6 Å². The lowest BCUT2D eigenvalue weighted by atomic mass is 9.71. The maximum Gasteiger partial charge on any atom is 0.433 e. The van der Waals surface area contributed by atoms with E-state index in [-0.39, 0.29) is 16.9 Å². The fourth-order valence-corrected chi connectivity index (χ4v) is 5.89. The molecule has 2 aromatic heterocycles. The number of hydrogen-bond donors (Lipinski definition) is 3. The van der Waals surface area contributed by atoms with E-state index in [4.69, 9.17) is 14.5 Å². The zero-order valence-corrected chi connectivity index (χ0v) is 28.7. The van der Waals surface area contributed by atoms with E-state index < -0.39 is 24.1 Å². The number of aromatic nitrogens is 2. The molecule has 45 heavy (non-hydrogen) atoms. The molecular formula is C35H51F3N2O4S. The van der Waals surface area contributed by atoms with Crippen LogP contribution in [0.2, 0.25) is 0 Å². The second-order valence-electron chi connectivity index (χ2n) is 13.9. The number of halogens is 3. The summed E-state index contributed by atoms with van der Waals surface area (Å²) >= 11 is 3.53. The molecule has 252 valence electrons. The Balaban J connectivity index is 0.000000620. The highest BCUT2D eigenvalue weighted by atomic mass is 32.1. The molecule has 3 aliphatic rings. The Morgan fingerprint density at radius 1 is 1.07 bits per heavy atom. The van der Waals surface area contributed by atoms with E-state index in [0.717, 1.165) is 53.2 Å². The van der Waals surface area contributed by atoms with Crippen molar-refractivity contribution in [3.05, 3.63) is 63.7 Å². The lowest BCUT2D eigenvalue weighted by Gasteiger charge is -2.38. The molecule has 1 fully saturated rings. The molecule has 2 atom stereocenters. The van der Waals surface area contributed by atoms with E-state index in [1.807, 2.05) is 6.08 Å². The first kappa shape index (κ1) is 37.5. The van der Waals surface area contributed by atoms with Gasteiger partial charge >= 0.3 is 6.18 Å². The maximum atomic E-state index is 13.2. The van der Waals surface area contributed by atoms with Gasteiger partial charge in [-0.05, 0) is 66.4 Å². The van der Waals surface area contributed by atoms with Crippen LogP contribution in [0.3, 0.4) is 0 Å². The van der Waals surface area contributed by atoms with Gasteiger partial charge in [0.25, 0.3) is 0 Å². The van der Waals surface area contributed by atoms with Gasteiger partial charge in [0.2, 0.25) is 0 Å².